The molecule has 7 nitrogen and oxygen atoms in total. The van der Waals surface area contributed by atoms with E-state index in [-0.39, 0.29) is 11.5 Å². The maximum atomic E-state index is 12.7. The van der Waals surface area contributed by atoms with Crippen molar-refractivity contribution in [2.75, 3.05) is 37.7 Å². The normalized spacial score (nSPS) is 23.7. The first-order valence-electron chi connectivity index (χ1n) is 8.60. The van der Waals surface area contributed by atoms with E-state index < -0.39 is 0 Å². The fourth-order valence-corrected chi connectivity index (χ4v) is 3.70. The number of piperidine rings is 1. The quantitative estimate of drug-likeness (QED) is 0.823. The predicted molar refractivity (Wildman–Crippen MR) is 92.3 cm³/mol. The minimum absolute atomic E-state index is 0.0747. The van der Waals surface area contributed by atoms with Gasteiger partial charge >= 0.3 is 0 Å². The van der Waals surface area contributed by atoms with Crippen molar-refractivity contribution in [1.82, 2.24) is 19.9 Å². The molecule has 2 aromatic rings. The Morgan fingerprint density at radius 3 is 2.84 bits per heavy atom. The first kappa shape index (κ1) is 16.0. The second-order valence-corrected chi connectivity index (χ2v) is 6.59. The lowest BCUT2D eigenvalue weighted by molar-refractivity contribution is -0.105. The SMILES string of the molecule is O=C(c1cnccn1)N1CCO[C@@]2(CCCN(c3cccnc3)C2)C1. The van der Waals surface area contributed by atoms with Gasteiger partial charge in [-0.2, -0.15) is 0 Å². The lowest BCUT2D eigenvalue weighted by Gasteiger charge is -2.48. The Hall–Kier alpha value is -2.54. The Morgan fingerprint density at radius 2 is 2.04 bits per heavy atom. The first-order valence-corrected chi connectivity index (χ1v) is 8.60. The van der Waals surface area contributed by atoms with Crippen LogP contribution in [-0.2, 0) is 4.74 Å². The first-order chi connectivity index (χ1) is 12.3. The molecule has 1 spiro atoms. The fourth-order valence-electron chi connectivity index (χ4n) is 3.70. The number of carbonyl (C=O) groups is 1. The fraction of sp³-hybridized carbons (Fsp3) is 0.444. The van der Waals surface area contributed by atoms with Crippen LogP contribution in [0.3, 0.4) is 0 Å². The smallest absolute Gasteiger partial charge is 0.274 e. The van der Waals surface area contributed by atoms with Crippen molar-refractivity contribution in [2.45, 2.75) is 18.4 Å². The van der Waals surface area contributed by atoms with E-state index in [1.54, 1.807) is 18.6 Å². The molecule has 4 heterocycles. The highest BCUT2D eigenvalue weighted by Gasteiger charge is 2.42. The number of amides is 1. The van der Waals surface area contributed by atoms with Crippen LogP contribution in [0.1, 0.15) is 23.3 Å². The number of anilines is 1. The Labute approximate surface area is 146 Å². The molecule has 2 fully saturated rings. The summed E-state index contributed by atoms with van der Waals surface area (Å²) in [5, 5.41) is 0. The van der Waals surface area contributed by atoms with Gasteiger partial charge in [-0.15, -0.1) is 0 Å². The average molecular weight is 339 g/mol. The summed E-state index contributed by atoms with van der Waals surface area (Å²) in [4.78, 5) is 29.2. The summed E-state index contributed by atoms with van der Waals surface area (Å²) in [6, 6.07) is 4.01. The molecule has 0 radical (unpaired) electrons. The molecule has 2 aromatic heterocycles. The molecule has 0 aromatic carbocycles. The molecule has 2 aliphatic heterocycles. The summed E-state index contributed by atoms with van der Waals surface area (Å²) in [5.41, 5.74) is 1.16. The largest absolute Gasteiger partial charge is 0.369 e. The van der Waals surface area contributed by atoms with Crippen molar-refractivity contribution in [1.29, 1.82) is 0 Å². The second-order valence-electron chi connectivity index (χ2n) is 6.59. The van der Waals surface area contributed by atoms with E-state index in [2.05, 4.69) is 25.9 Å². The van der Waals surface area contributed by atoms with Gasteiger partial charge in [0.2, 0.25) is 0 Å². The van der Waals surface area contributed by atoms with Crippen LogP contribution < -0.4 is 4.90 Å². The van der Waals surface area contributed by atoms with Crippen LogP contribution in [0.2, 0.25) is 0 Å². The van der Waals surface area contributed by atoms with E-state index in [0.717, 1.165) is 31.6 Å². The van der Waals surface area contributed by atoms with Gasteiger partial charge in [-0.25, -0.2) is 4.98 Å². The molecular formula is C18H21N5O2. The second kappa shape index (κ2) is 6.76. The van der Waals surface area contributed by atoms with Crippen LogP contribution in [0.25, 0.3) is 0 Å². The monoisotopic (exact) mass is 339 g/mol. The van der Waals surface area contributed by atoms with Crippen LogP contribution >= 0.6 is 0 Å². The summed E-state index contributed by atoms with van der Waals surface area (Å²) in [6.07, 6.45) is 10.3. The lowest BCUT2D eigenvalue weighted by atomic mass is 9.90. The standard InChI is InChI=1S/C18H21N5O2/c24-17(16-12-20-6-7-21-16)23-9-10-25-18(14-23)4-2-8-22(13-18)15-3-1-5-19-11-15/h1,3,5-7,11-12H,2,4,8-10,13-14H2/t18-/m1/s1. The van der Waals surface area contributed by atoms with Gasteiger partial charge in [0.05, 0.1) is 31.2 Å². The average Bonchev–Trinajstić information content (AvgIpc) is 2.69. The van der Waals surface area contributed by atoms with Crippen LogP contribution in [0.4, 0.5) is 5.69 Å². The van der Waals surface area contributed by atoms with Gasteiger partial charge in [-0.05, 0) is 25.0 Å². The number of morpholine rings is 1. The molecule has 0 unspecified atom stereocenters. The minimum atomic E-state index is -0.329. The summed E-state index contributed by atoms with van der Waals surface area (Å²) in [6.45, 7) is 3.47. The van der Waals surface area contributed by atoms with Gasteiger partial charge in [0.15, 0.2) is 0 Å². The highest BCUT2D eigenvalue weighted by molar-refractivity contribution is 5.92. The number of nitrogens with zero attached hydrogens (tertiary/aromatic N) is 5. The Bertz CT molecular complexity index is 723. The van der Waals surface area contributed by atoms with Gasteiger partial charge < -0.3 is 14.5 Å². The summed E-state index contributed by atoms with van der Waals surface area (Å²) < 4.78 is 6.18. The third-order valence-electron chi connectivity index (χ3n) is 4.87. The van der Waals surface area contributed by atoms with Crippen molar-refractivity contribution < 1.29 is 9.53 Å². The number of hydrogen-bond acceptors (Lipinski definition) is 6. The molecule has 2 aliphatic rings. The zero-order valence-electron chi connectivity index (χ0n) is 14.0. The van der Waals surface area contributed by atoms with Crippen molar-refractivity contribution >= 4 is 11.6 Å². The number of carbonyl (C=O) groups excluding carboxylic acids is 1. The molecule has 0 aliphatic carbocycles. The van der Waals surface area contributed by atoms with E-state index in [0.29, 0.717) is 25.4 Å². The van der Waals surface area contributed by atoms with Crippen LogP contribution in [-0.4, -0.2) is 64.1 Å². The van der Waals surface area contributed by atoms with Gasteiger partial charge in [0, 0.05) is 38.2 Å². The molecule has 2 saturated heterocycles. The molecule has 0 saturated carbocycles. The van der Waals surface area contributed by atoms with Crippen molar-refractivity contribution in [3.05, 3.63) is 48.8 Å². The highest BCUT2D eigenvalue weighted by atomic mass is 16.5. The molecule has 1 amide bonds. The van der Waals surface area contributed by atoms with Crippen LogP contribution in [0, 0.1) is 0 Å². The lowest BCUT2D eigenvalue weighted by Crippen LogP contribution is -2.61. The minimum Gasteiger partial charge on any atom is -0.369 e. The van der Waals surface area contributed by atoms with Gasteiger partial charge in [-0.3, -0.25) is 14.8 Å². The Kier molecular flexibility index (Phi) is 4.31. The zero-order valence-corrected chi connectivity index (χ0v) is 14.0. The summed E-state index contributed by atoms with van der Waals surface area (Å²) in [7, 11) is 0. The molecule has 0 N–H and O–H groups in total. The molecular weight excluding hydrogens is 318 g/mol. The maximum Gasteiger partial charge on any atom is 0.274 e. The molecule has 7 heteroatoms. The number of hydrogen-bond donors (Lipinski definition) is 0. The van der Waals surface area contributed by atoms with E-state index in [9.17, 15) is 4.79 Å². The third kappa shape index (κ3) is 3.32. The molecule has 130 valence electrons. The zero-order chi connectivity index (χ0) is 17.1. The Balaban J connectivity index is 1.51. The van der Waals surface area contributed by atoms with E-state index in [1.807, 2.05) is 17.2 Å². The van der Waals surface area contributed by atoms with Crippen LogP contribution in [0.5, 0.6) is 0 Å². The number of ether oxygens (including phenoxy) is 1. The number of pyridine rings is 1. The molecule has 4 rings (SSSR count). The highest BCUT2D eigenvalue weighted by Crippen LogP contribution is 2.31. The molecule has 25 heavy (non-hydrogen) atoms. The molecule has 0 bridgehead atoms. The topological polar surface area (TPSA) is 71.5 Å². The predicted octanol–water partition coefficient (Wildman–Crippen LogP) is 1.38. The van der Waals surface area contributed by atoms with Crippen molar-refractivity contribution in [3.8, 4) is 0 Å². The van der Waals surface area contributed by atoms with Crippen LogP contribution in [0.15, 0.2) is 43.1 Å². The number of aromatic nitrogens is 3. The summed E-state index contributed by atoms with van der Waals surface area (Å²) in [5.74, 6) is -0.0747. The van der Waals surface area contributed by atoms with Gasteiger partial charge in [-0.1, -0.05) is 0 Å². The molecule has 1 atom stereocenters. The van der Waals surface area contributed by atoms with E-state index in [1.165, 1.54) is 6.20 Å². The van der Waals surface area contributed by atoms with E-state index >= 15 is 0 Å². The van der Waals surface area contributed by atoms with Gasteiger partial charge in [0.1, 0.15) is 11.3 Å². The maximum absolute atomic E-state index is 12.7. The summed E-state index contributed by atoms with van der Waals surface area (Å²) >= 11 is 0. The van der Waals surface area contributed by atoms with Crippen molar-refractivity contribution in [2.24, 2.45) is 0 Å². The Morgan fingerprint density at radius 1 is 1.12 bits per heavy atom. The van der Waals surface area contributed by atoms with Crippen molar-refractivity contribution in [3.63, 3.8) is 0 Å². The van der Waals surface area contributed by atoms with Gasteiger partial charge in [0.25, 0.3) is 5.91 Å². The number of rotatable bonds is 2. The third-order valence-corrected chi connectivity index (χ3v) is 4.87. The van der Waals surface area contributed by atoms with E-state index in [4.69, 9.17) is 4.74 Å².